The monoisotopic (exact) mass is 395 g/mol. The molecule has 1 aliphatic carbocycles. The highest BCUT2D eigenvalue weighted by molar-refractivity contribution is 5.63. The van der Waals surface area contributed by atoms with Gasteiger partial charge >= 0.3 is 12.2 Å². The zero-order valence-electron chi connectivity index (χ0n) is 16.2. The van der Waals surface area contributed by atoms with E-state index in [-0.39, 0.29) is 24.0 Å². The van der Waals surface area contributed by atoms with Crippen LogP contribution >= 0.6 is 0 Å². The Hall–Kier alpha value is -2.51. The van der Waals surface area contributed by atoms with Crippen molar-refractivity contribution in [2.75, 3.05) is 11.9 Å². The second kappa shape index (κ2) is 8.24. The summed E-state index contributed by atoms with van der Waals surface area (Å²) in [6.07, 6.45) is 0.0148. The molecule has 1 fully saturated rings. The Bertz CT molecular complexity index is 788. The van der Waals surface area contributed by atoms with E-state index in [0.717, 1.165) is 31.9 Å². The van der Waals surface area contributed by atoms with Crippen LogP contribution in [0.25, 0.3) is 0 Å². The number of rotatable bonds is 6. The van der Waals surface area contributed by atoms with E-state index in [4.69, 9.17) is 9.47 Å². The third-order valence-electron chi connectivity index (χ3n) is 4.54. The molecule has 1 aromatic heterocycles. The highest BCUT2D eigenvalue weighted by atomic mass is 19.4. The van der Waals surface area contributed by atoms with E-state index in [2.05, 4.69) is 9.97 Å². The topological polar surface area (TPSA) is 47.5 Å². The number of aromatic nitrogens is 2. The molecular formula is C20H24F3N3O2. The van der Waals surface area contributed by atoms with Crippen molar-refractivity contribution in [2.45, 2.75) is 57.9 Å². The minimum Gasteiger partial charge on any atom is -0.491 e. The fourth-order valence-corrected chi connectivity index (χ4v) is 3.17. The molecule has 0 radical (unpaired) electrons. The van der Waals surface area contributed by atoms with Crippen LogP contribution in [-0.4, -0.2) is 29.2 Å². The molecule has 8 heteroatoms. The summed E-state index contributed by atoms with van der Waals surface area (Å²) in [6, 6.07) is 6.79. The molecule has 2 aromatic rings. The zero-order chi connectivity index (χ0) is 20.3. The lowest BCUT2D eigenvalue weighted by Gasteiger charge is -2.23. The van der Waals surface area contributed by atoms with E-state index >= 15 is 0 Å². The summed E-state index contributed by atoms with van der Waals surface area (Å²) in [4.78, 5) is 9.26. The minimum absolute atomic E-state index is 0.0116. The Morgan fingerprint density at radius 3 is 2.32 bits per heavy atom. The third kappa shape index (κ3) is 4.85. The fourth-order valence-electron chi connectivity index (χ4n) is 3.17. The molecule has 5 nitrogen and oxygen atoms in total. The summed E-state index contributed by atoms with van der Waals surface area (Å²) in [7, 11) is 1.54. The van der Waals surface area contributed by atoms with Gasteiger partial charge in [0.2, 0.25) is 0 Å². The van der Waals surface area contributed by atoms with Gasteiger partial charge in [0, 0.05) is 18.9 Å². The molecule has 0 spiro atoms. The van der Waals surface area contributed by atoms with E-state index < -0.39 is 11.7 Å². The highest BCUT2D eigenvalue weighted by Gasteiger charge is 2.37. The highest BCUT2D eigenvalue weighted by Crippen LogP contribution is 2.38. The Labute approximate surface area is 162 Å². The van der Waals surface area contributed by atoms with Crippen molar-refractivity contribution < 1.29 is 22.6 Å². The standard InChI is InChI=1S/C20H24F3N3O2/c1-13(2)27-16-10-8-14(9-11-16)26(3)18-17(20(21,22)23)12-24-19(25-18)28-15-6-4-5-7-15/h8-13,15H,4-7H2,1-3H3. The van der Waals surface area contributed by atoms with Gasteiger partial charge in [0.05, 0.1) is 6.10 Å². The van der Waals surface area contributed by atoms with Gasteiger partial charge in [0.1, 0.15) is 17.4 Å². The zero-order valence-corrected chi connectivity index (χ0v) is 16.2. The Morgan fingerprint density at radius 2 is 1.75 bits per heavy atom. The van der Waals surface area contributed by atoms with Crippen LogP contribution < -0.4 is 14.4 Å². The van der Waals surface area contributed by atoms with E-state index in [1.165, 1.54) is 11.9 Å². The van der Waals surface area contributed by atoms with Gasteiger partial charge < -0.3 is 14.4 Å². The Morgan fingerprint density at radius 1 is 1.11 bits per heavy atom. The first-order valence-corrected chi connectivity index (χ1v) is 9.35. The molecule has 1 aromatic carbocycles. The number of anilines is 2. The van der Waals surface area contributed by atoms with E-state index in [9.17, 15) is 13.2 Å². The van der Waals surface area contributed by atoms with Crippen LogP contribution in [0.5, 0.6) is 11.8 Å². The predicted octanol–water partition coefficient (Wildman–Crippen LogP) is 5.37. The van der Waals surface area contributed by atoms with Gasteiger partial charge in [-0.1, -0.05) is 0 Å². The van der Waals surface area contributed by atoms with Crippen molar-refractivity contribution >= 4 is 11.5 Å². The smallest absolute Gasteiger partial charge is 0.421 e. The maximum absolute atomic E-state index is 13.5. The number of benzene rings is 1. The minimum atomic E-state index is -4.57. The van der Waals surface area contributed by atoms with Crippen LogP contribution in [0.1, 0.15) is 45.1 Å². The van der Waals surface area contributed by atoms with Crippen LogP contribution in [0.2, 0.25) is 0 Å². The van der Waals surface area contributed by atoms with Crippen LogP contribution in [0, 0.1) is 0 Å². The summed E-state index contributed by atoms with van der Waals surface area (Å²) in [5.74, 6) is 0.407. The van der Waals surface area contributed by atoms with Crippen molar-refractivity contribution in [1.29, 1.82) is 0 Å². The van der Waals surface area contributed by atoms with Gasteiger partial charge in [-0.2, -0.15) is 18.2 Å². The number of nitrogens with zero attached hydrogens (tertiary/aromatic N) is 3. The molecule has 0 saturated heterocycles. The quantitative estimate of drug-likeness (QED) is 0.658. The average molecular weight is 395 g/mol. The van der Waals surface area contributed by atoms with Crippen LogP contribution in [-0.2, 0) is 6.18 Å². The lowest BCUT2D eigenvalue weighted by molar-refractivity contribution is -0.137. The lowest BCUT2D eigenvalue weighted by Crippen LogP contribution is -2.20. The maximum Gasteiger partial charge on any atom is 0.421 e. The second-order valence-electron chi connectivity index (χ2n) is 7.13. The van der Waals surface area contributed by atoms with Crippen molar-refractivity contribution in [3.05, 3.63) is 36.0 Å². The molecule has 0 N–H and O–H groups in total. The molecule has 1 aliphatic rings. The molecular weight excluding hydrogens is 371 g/mol. The summed E-state index contributed by atoms with van der Waals surface area (Å²) < 4.78 is 51.8. The Kier molecular flexibility index (Phi) is 5.96. The molecule has 1 saturated carbocycles. The van der Waals surface area contributed by atoms with Crippen LogP contribution in [0.3, 0.4) is 0 Å². The lowest BCUT2D eigenvalue weighted by atomic mass is 10.2. The molecule has 0 amide bonds. The summed E-state index contributed by atoms with van der Waals surface area (Å²) in [5.41, 5.74) is -0.358. The normalized spacial score (nSPS) is 15.1. The van der Waals surface area contributed by atoms with Crippen molar-refractivity contribution in [3.63, 3.8) is 0 Å². The summed E-state index contributed by atoms with van der Waals surface area (Å²) in [5, 5.41) is 0. The van der Waals surface area contributed by atoms with Gasteiger partial charge in [-0.3, -0.25) is 0 Å². The van der Waals surface area contributed by atoms with E-state index in [1.807, 2.05) is 13.8 Å². The number of halogens is 3. The van der Waals surface area contributed by atoms with Crippen molar-refractivity contribution in [2.24, 2.45) is 0 Å². The maximum atomic E-state index is 13.5. The first-order chi connectivity index (χ1) is 13.2. The number of alkyl halides is 3. The molecule has 28 heavy (non-hydrogen) atoms. The fraction of sp³-hybridized carbons (Fsp3) is 0.500. The average Bonchev–Trinajstić information content (AvgIpc) is 3.13. The van der Waals surface area contributed by atoms with Gasteiger partial charge in [0.15, 0.2) is 5.82 Å². The Balaban J connectivity index is 1.90. The third-order valence-corrected chi connectivity index (χ3v) is 4.54. The summed E-state index contributed by atoms with van der Waals surface area (Å²) >= 11 is 0. The molecule has 0 aliphatic heterocycles. The SMILES string of the molecule is CC(C)Oc1ccc(N(C)c2nc(OC3CCCC3)ncc2C(F)(F)F)cc1. The van der Waals surface area contributed by atoms with Gasteiger partial charge in [-0.05, 0) is 63.8 Å². The second-order valence-corrected chi connectivity index (χ2v) is 7.13. The molecule has 0 atom stereocenters. The molecule has 152 valence electrons. The number of hydrogen-bond acceptors (Lipinski definition) is 5. The molecule has 0 bridgehead atoms. The predicted molar refractivity (Wildman–Crippen MR) is 100 cm³/mol. The molecule has 3 rings (SSSR count). The first-order valence-electron chi connectivity index (χ1n) is 9.35. The summed E-state index contributed by atoms with van der Waals surface area (Å²) in [6.45, 7) is 3.81. The van der Waals surface area contributed by atoms with Crippen LogP contribution in [0.4, 0.5) is 24.7 Å². The molecule has 0 unspecified atom stereocenters. The van der Waals surface area contributed by atoms with Crippen molar-refractivity contribution in [1.82, 2.24) is 9.97 Å². The largest absolute Gasteiger partial charge is 0.491 e. The van der Waals surface area contributed by atoms with Crippen LogP contribution in [0.15, 0.2) is 30.5 Å². The first kappa shape index (κ1) is 20.2. The number of ether oxygens (including phenoxy) is 2. The van der Waals surface area contributed by atoms with E-state index in [0.29, 0.717) is 11.4 Å². The van der Waals surface area contributed by atoms with Crippen molar-refractivity contribution in [3.8, 4) is 11.8 Å². The van der Waals surface area contributed by atoms with Gasteiger partial charge in [-0.25, -0.2) is 4.98 Å². The van der Waals surface area contributed by atoms with Gasteiger partial charge in [0.25, 0.3) is 0 Å². The van der Waals surface area contributed by atoms with E-state index in [1.54, 1.807) is 24.3 Å². The van der Waals surface area contributed by atoms with Gasteiger partial charge in [-0.15, -0.1) is 0 Å². The number of hydrogen-bond donors (Lipinski definition) is 0. The molecule has 1 heterocycles.